The van der Waals surface area contributed by atoms with Gasteiger partial charge >= 0.3 is 0 Å². The van der Waals surface area contributed by atoms with Gasteiger partial charge in [-0.05, 0) is 36.3 Å². The lowest BCUT2D eigenvalue weighted by Crippen LogP contribution is -2.45. The molecule has 1 aromatic carbocycles. The number of aryl methyl sites for hydroxylation is 1. The van der Waals surface area contributed by atoms with Crippen molar-refractivity contribution in [3.05, 3.63) is 29.8 Å². The molecule has 2 unspecified atom stereocenters. The van der Waals surface area contributed by atoms with E-state index in [0.29, 0.717) is 18.7 Å². The van der Waals surface area contributed by atoms with Gasteiger partial charge in [-0.15, -0.1) is 0 Å². The van der Waals surface area contributed by atoms with Crippen LogP contribution in [-0.4, -0.2) is 47.1 Å². The molecule has 1 aromatic rings. The first-order chi connectivity index (χ1) is 11.5. The van der Waals surface area contributed by atoms with Gasteiger partial charge in [-0.3, -0.25) is 9.59 Å². The predicted molar refractivity (Wildman–Crippen MR) is 96.2 cm³/mol. The lowest BCUT2D eigenvalue weighted by Gasteiger charge is -2.22. The quantitative estimate of drug-likeness (QED) is 0.848. The van der Waals surface area contributed by atoms with Gasteiger partial charge in [0.15, 0.2) is 0 Å². The average Bonchev–Trinajstić information content (AvgIpc) is 3.19. The first kappa shape index (κ1) is 17.3. The molecular weight excluding hydrogens is 324 g/mol. The van der Waals surface area contributed by atoms with Crippen molar-refractivity contribution in [3.8, 4) is 0 Å². The summed E-state index contributed by atoms with van der Waals surface area (Å²) in [5, 5.41) is 13.1. The SMILES string of the molecule is CCc1ccc(N2CC(C(=O)NCC3(O)CCSC3)CC2=O)cc1. The Bertz CT molecular complexity index is 611. The normalized spacial score (nSPS) is 26.8. The van der Waals surface area contributed by atoms with E-state index in [0.717, 1.165) is 17.9 Å². The summed E-state index contributed by atoms with van der Waals surface area (Å²) in [7, 11) is 0. The summed E-state index contributed by atoms with van der Waals surface area (Å²) >= 11 is 1.70. The molecule has 5 nitrogen and oxygen atoms in total. The molecule has 6 heteroatoms. The number of benzene rings is 1. The maximum absolute atomic E-state index is 12.4. The third-order valence-electron chi connectivity index (χ3n) is 4.83. The van der Waals surface area contributed by atoms with Crippen molar-refractivity contribution in [2.75, 3.05) is 29.5 Å². The minimum atomic E-state index is -0.793. The molecule has 0 radical (unpaired) electrons. The standard InChI is InChI=1S/C18H24N2O3S/c1-2-13-3-5-15(6-4-13)20-10-14(9-16(20)21)17(22)19-11-18(23)7-8-24-12-18/h3-6,14,23H,2,7-12H2,1H3,(H,19,22). The summed E-state index contributed by atoms with van der Waals surface area (Å²) in [6.07, 6.45) is 1.90. The number of carbonyl (C=O) groups is 2. The van der Waals surface area contributed by atoms with Gasteiger partial charge < -0.3 is 15.3 Å². The first-order valence-corrected chi connectivity index (χ1v) is 9.63. The highest BCUT2D eigenvalue weighted by Crippen LogP contribution is 2.28. The van der Waals surface area contributed by atoms with Crippen LogP contribution in [0.1, 0.15) is 25.3 Å². The Morgan fingerprint density at radius 2 is 2.17 bits per heavy atom. The van der Waals surface area contributed by atoms with Crippen molar-refractivity contribution in [2.24, 2.45) is 5.92 Å². The second-order valence-corrected chi connectivity index (χ2v) is 7.78. The highest BCUT2D eigenvalue weighted by Gasteiger charge is 2.37. The van der Waals surface area contributed by atoms with Gasteiger partial charge in [0.25, 0.3) is 0 Å². The monoisotopic (exact) mass is 348 g/mol. The molecule has 0 aromatic heterocycles. The number of thioether (sulfide) groups is 1. The highest BCUT2D eigenvalue weighted by molar-refractivity contribution is 7.99. The van der Waals surface area contributed by atoms with Gasteiger partial charge in [0.1, 0.15) is 0 Å². The van der Waals surface area contributed by atoms with E-state index in [-0.39, 0.29) is 30.7 Å². The minimum Gasteiger partial charge on any atom is -0.387 e. The number of amides is 2. The van der Waals surface area contributed by atoms with Crippen LogP contribution in [-0.2, 0) is 16.0 Å². The molecule has 2 amide bonds. The largest absolute Gasteiger partial charge is 0.387 e. The molecule has 2 fully saturated rings. The maximum atomic E-state index is 12.4. The third kappa shape index (κ3) is 3.75. The van der Waals surface area contributed by atoms with Crippen LogP contribution in [0.2, 0.25) is 0 Å². The molecule has 0 saturated carbocycles. The van der Waals surface area contributed by atoms with Crippen molar-refractivity contribution >= 4 is 29.3 Å². The van der Waals surface area contributed by atoms with E-state index >= 15 is 0 Å². The van der Waals surface area contributed by atoms with Crippen molar-refractivity contribution < 1.29 is 14.7 Å². The Balaban J connectivity index is 1.58. The van der Waals surface area contributed by atoms with Crippen LogP contribution in [0.5, 0.6) is 0 Å². The summed E-state index contributed by atoms with van der Waals surface area (Å²) in [6, 6.07) is 7.91. The van der Waals surface area contributed by atoms with E-state index in [9.17, 15) is 14.7 Å². The van der Waals surface area contributed by atoms with Gasteiger partial charge in [-0.1, -0.05) is 19.1 Å². The van der Waals surface area contributed by atoms with Gasteiger partial charge in [0, 0.05) is 31.0 Å². The van der Waals surface area contributed by atoms with Crippen molar-refractivity contribution in [1.29, 1.82) is 0 Å². The number of nitrogens with zero attached hydrogens (tertiary/aromatic N) is 1. The number of nitrogens with one attached hydrogen (secondary N) is 1. The summed E-state index contributed by atoms with van der Waals surface area (Å²) in [5.74, 6) is 1.08. The van der Waals surface area contributed by atoms with E-state index < -0.39 is 5.60 Å². The number of carbonyl (C=O) groups excluding carboxylic acids is 2. The van der Waals surface area contributed by atoms with Gasteiger partial charge in [0.2, 0.25) is 11.8 Å². The van der Waals surface area contributed by atoms with Gasteiger partial charge in [0.05, 0.1) is 11.5 Å². The summed E-state index contributed by atoms with van der Waals surface area (Å²) in [4.78, 5) is 26.3. The Hall–Kier alpha value is -1.53. The Labute approximate surface area is 146 Å². The van der Waals surface area contributed by atoms with Crippen LogP contribution in [0, 0.1) is 5.92 Å². The lowest BCUT2D eigenvalue weighted by molar-refractivity contribution is -0.127. The zero-order valence-electron chi connectivity index (χ0n) is 14.0. The highest BCUT2D eigenvalue weighted by atomic mass is 32.2. The summed E-state index contributed by atoms with van der Waals surface area (Å²) in [6.45, 7) is 2.77. The molecule has 2 aliphatic rings. The average molecular weight is 348 g/mol. The van der Waals surface area contributed by atoms with E-state index in [1.807, 2.05) is 24.3 Å². The van der Waals surface area contributed by atoms with Crippen molar-refractivity contribution in [3.63, 3.8) is 0 Å². The van der Waals surface area contributed by atoms with E-state index in [2.05, 4.69) is 12.2 Å². The molecule has 0 bridgehead atoms. The Morgan fingerprint density at radius 3 is 2.79 bits per heavy atom. The number of hydrogen-bond donors (Lipinski definition) is 2. The number of anilines is 1. The van der Waals surface area contributed by atoms with Crippen LogP contribution in [0.25, 0.3) is 0 Å². The lowest BCUT2D eigenvalue weighted by atomic mass is 10.0. The number of rotatable bonds is 5. The zero-order chi connectivity index (χ0) is 17.2. The fourth-order valence-electron chi connectivity index (χ4n) is 3.18. The summed E-state index contributed by atoms with van der Waals surface area (Å²) in [5.41, 5.74) is 1.28. The van der Waals surface area contributed by atoms with E-state index in [1.54, 1.807) is 16.7 Å². The first-order valence-electron chi connectivity index (χ1n) is 8.48. The molecule has 0 spiro atoms. The molecule has 2 N–H and O–H groups in total. The van der Waals surface area contributed by atoms with Crippen molar-refractivity contribution in [2.45, 2.75) is 31.8 Å². The van der Waals surface area contributed by atoms with Crippen LogP contribution in [0.15, 0.2) is 24.3 Å². The fourth-order valence-corrected chi connectivity index (χ4v) is 4.47. The van der Waals surface area contributed by atoms with Crippen LogP contribution >= 0.6 is 11.8 Å². The smallest absolute Gasteiger partial charge is 0.227 e. The second-order valence-electron chi connectivity index (χ2n) is 6.67. The fraction of sp³-hybridized carbons (Fsp3) is 0.556. The molecule has 2 atom stereocenters. The van der Waals surface area contributed by atoms with Crippen molar-refractivity contribution in [1.82, 2.24) is 5.32 Å². The van der Waals surface area contributed by atoms with Gasteiger partial charge in [-0.25, -0.2) is 0 Å². The minimum absolute atomic E-state index is 0.0190. The molecule has 2 saturated heterocycles. The molecule has 130 valence electrons. The van der Waals surface area contributed by atoms with Crippen LogP contribution in [0.4, 0.5) is 5.69 Å². The van der Waals surface area contributed by atoms with E-state index in [4.69, 9.17) is 0 Å². The molecule has 2 heterocycles. The molecule has 24 heavy (non-hydrogen) atoms. The third-order valence-corrected chi connectivity index (χ3v) is 6.06. The number of aliphatic hydroxyl groups is 1. The van der Waals surface area contributed by atoms with Gasteiger partial charge in [-0.2, -0.15) is 11.8 Å². The maximum Gasteiger partial charge on any atom is 0.227 e. The molecular formula is C18H24N2O3S. The topological polar surface area (TPSA) is 69.6 Å². The van der Waals surface area contributed by atoms with Crippen LogP contribution < -0.4 is 10.2 Å². The molecule has 3 rings (SSSR count). The Kier molecular flexibility index (Phi) is 5.15. The van der Waals surface area contributed by atoms with E-state index in [1.165, 1.54) is 5.56 Å². The number of hydrogen-bond acceptors (Lipinski definition) is 4. The molecule has 2 aliphatic heterocycles. The zero-order valence-corrected chi connectivity index (χ0v) is 14.8. The second kappa shape index (κ2) is 7.15. The summed E-state index contributed by atoms with van der Waals surface area (Å²) < 4.78 is 0. The predicted octanol–water partition coefficient (Wildman–Crippen LogP) is 1.59. The van der Waals surface area contributed by atoms with Crippen LogP contribution in [0.3, 0.4) is 0 Å². The Morgan fingerprint density at radius 1 is 1.42 bits per heavy atom. The molecule has 0 aliphatic carbocycles.